The molecule has 2 N–H and O–H groups in total. The summed E-state index contributed by atoms with van der Waals surface area (Å²) in [7, 11) is 0. The van der Waals surface area contributed by atoms with Crippen LogP contribution in [-0.2, 0) is 13.0 Å². The minimum absolute atomic E-state index is 0.142. The lowest BCUT2D eigenvalue weighted by Gasteiger charge is -2.20. The van der Waals surface area contributed by atoms with Gasteiger partial charge < -0.3 is 10.6 Å². The molecular formula is C14H20N4S. The molecule has 0 spiro atoms. The van der Waals surface area contributed by atoms with Crippen molar-refractivity contribution in [3.63, 3.8) is 0 Å². The van der Waals surface area contributed by atoms with Gasteiger partial charge in [-0.05, 0) is 37.3 Å². The van der Waals surface area contributed by atoms with E-state index in [1.807, 2.05) is 19.3 Å². The predicted octanol–water partition coefficient (Wildman–Crippen LogP) is 2.45. The Morgan fingerprint density at radius 3 is 2.63 bits per heavy atom. The molecule has 102 valence electrons. The van der Waals surface area contributed by atoms with Crippen LogP contribution in [0.5, 0.6) is 0 Å². The molecule has 1 atom stereocenters. The van der Waals surface area contributed by atoms with E-state index in [1.165, 1.54) is 4.88 Å². The van der Waals surface area contributed by atoms with E-state index < -0.39 is 0 Å². The van der Waals surface area contributed by atoms with Gasteiger partial charge in [-0.25, -0.2) is 9.97 Å². The van der Waals surface area contributed by atoms with E-state index in [2.05, 4.69) is 39.3 Å². The Hall–Kier alpha value is -1.46. The SMILES string of the molecule is CCN(Cc1cccs1)c1ncc(CC(C)N)cn1. The van der Waals surface area contributed by atoms with Crippen molar-refractivity contribution in [3.8, 4) is 0 Å². The van der Waals surface area contributed by atoms with Crippen molar-refractivity contribution in [2.75, 3.05) is 11.4 Å². The normalized spacial score (nSPS) is 12.4. The molecule has 0 aliphatic carbocycles. The fraction of sp³-hybridized carbons (Fsp3) is 0.429. The number of rotatable bonds is 6. The van der Waals surface area contributed by atoms with Crippen LogP contribution in [0.3, 0.4) is 0 Å². The molecule has 0 saturated heterocycles. The second-order valence-corrected chi connectivity index (χ2v) is 5.70. The third-order valence-electron chi connectivity index (χ3n) is 2.84. The van der Waals surface area contributed by atoms with Crippen molar-refractivity contribution in [3.05, 3.63) is 40.3 Å². The van der Waals surface area contributed by atoms with E-state index in [1.54, 1.807) is 11.3 Å². The number of hydrogen-bond donors (Lipinski definition) is 1. The third kappa shape index (κ3) is 4.01. The van der Waals surface area contributed by atoms with Crippen LogP contribution in [0.15, 0.2) is 29.9 Å². The summed E-state index contributed by atoms with van der Waals surface area (Å²) in [4.78, 5) is 12.4. The van der Waals surface area contributed by atoms with Crippen molar-refractivity contribution < 1.29 is 0 Å². The quantitative estimate of drug-likeness (QED) is 0.880. The minimum Gasteiger partial charge on any atom is -0.336 e. The van der Waals surface area contributed by atoms with Gasteiger partial charge >= 0.3 is 0 Å². The fourth-order valence-corrected chi connectivity index (χ4v) is 2.62. The van der Waals surface area contributed by atoms with E-state index >= 15 is 0 Å². The number of anilines is 1. The molecule has 0 radical (unpaired) electrons. The lowest BCUT2D eigenvalue weighted by atomic mass is 10.1. The lowest BCUT2D eigenvalue weighted by molar-refractivity contribution is 0.728. The molecule has 0 bridgehead atoms. The highest BCUT2D eigenvalue weighted by Crippen LogP contribution is 2.15. The average Bonchev–Trinajstić information content (AvgIpc) is 2.89. The van der Waals surface area contributed by atoms with Gasteiger partial charge in [0.15, 0.2) is 0 Å². The molecule has 0 aromatic carbocycles. The molecule has 0 aliphatic heterocycles. The highest BCUT2D eigenvalue weighted by molar-refractivity contribution is 7.09. The predicted molar refractivity (Wildman–Crippen MR) is 80.4 cm³/mol. The molecule has 0 amide bonds. The first-order valence-corrected chi connectivity index (χ1v) is 7.40. The molecule has 5 heteroatoms. The molecule has 2 heterocycles. The molecule has 19 heavy (non-hydrogen) atoms. The number of nitrogens with two attached hydrogens (primary N) is 1. The zero-order valence-corrected chi connectivity index (χ0v) is 12.2. The summed E-state index contributed by atoms with van der Waals surface area (Å²) in [5.74, 6) is 0.782. The van der Waals surface area contributed by atoms with Crippen molar-refractivity contribution in [2.24, 2.45) is 5.73 Å². The molecule has 2 aromatic rings. The summed E-state index contributed by atoms with van der Waals surface area (Å²) in [5.41, 5.74) is 6.86. The lowest BCUT2D eigenvalue weighted by Crippen LogP contribution is -2.24. The van der Waals surface area contributed by atoms with Gasteiger partial charge in [-0.2, -0.15) is 0 Å². The molecular weight excluding hydrogens is 256 g/mol. The Balaban J connectivity index is 2.06. The molecule has 4 nitrogen and oxygen atoms in total. The van der Waals surface area contributed by atoms with Gasteiger partial charge in [0.25, 0.3) is 0 Å². The Labute approximate surface area is 118 Å². The van der Waals surface area contributed by atoms with Gasteiger partial charge in [-0.15, -0.1) is 11.3 Å². The number of hydrogen-bond acceptors (Lipinski definition) is 5. The maximum Gasteiger partial charge on any atom is 0.225 e. The zero-order valence-electron chi connectivity index (χ0n) is 11.4. The standard InChI is InChI=1S/C14H20N4S/c1-3-18(10-13-5-4-6-19-13)14-16-8-12(9-17-14)7-11(2)15/h4-6,8-9,11H,3,7,10,15H2,1-2H3. The first-order valence-electron chi connectivity index (χ1n) is 6.53. The summed E-state index contributed by atoms with van der Waals surface area (Å²) in [6, 6.07) is 4.35. The first-order chi connectivity index (χ1) is 9.19. The summed E-state index contributed by atoms with van der Waals surface area (Å²) in [6.07, 6.45) is 4.57. The Morgan fingerprint density at radius 1 is 1.37 bits per heavy atom. The maximum atomic E-state index is 5.77. The van der Waals surface area contributed by atoms with E-state index in [4.69, 9.17) is 5.73 Å². The topological polar surface area (TPSA) is 55.0 Å². The molecule has 0 saturated carbocycles. The van der Waals surface area contributed by atoms with Crippen LogP contribution in [0.2, 0.25) is 0 Å². The highest BCUT2D eigenvalue weighted by atomic mass is 32.1. The van der Waals surface area contributed by atoms with E-state index in [9.17, 15) is 0 Å². The van der Waals surface area contributed by atoms with E-state index in [-0.39, 0.29) is 6.04 Å². The first kappa shape index (κ1) is 14.0. The summed E-state index contributed by atoms with van der Waals surface area (Å²) in [5, 5.41) is 2.09. The van der Waals surface area contributed by atoms with Crippen molar-refractivity contribution >= 4 is 17.3 Å². The molecule has 1 unspecified atom stereocenters. The second-order valence-electron chi connectivity index (χ2n) is 4.67. The van der Waals surface area contributed by atoms with Crippen LogP contribution in [0.25, 0.3) is 0 Å². The van der Waals surface area contributed by atoms with E-state index in [0.29, 0.717) is 0 Å². The summed E-state index contributed by atoms with van der Waals surface area (Å²) >= 11 is 1.76. The second kappa shape index (κ2) is 6.63. The number of aromatic nitrogens is 2. The van der Waals surface area contributed by atoms with Crippen molar-refractivity contribution in [2.45, 2.75) is 32.9 Å². The van der Waals surface area contributed by atoms with Crippen molar-refractivity contribution in [1.82, 2.24) is 9.97 Å². The summed E-state index contributed by atoms with van der Waals surface area (Å²) < 4.78 is 0. The third-order valence-corrected chi connectivity index (χ3v) is 3.70. The number of thiophene rings is 1. The summed E-state index contributed by atoms with van der Waals surface area (Å²) in [6.45, 7) is 5.86. The maximum absolute atomic E-state index is 5.77. The number of nitrogens with zero attached hydrogens (tertiary/aromatic N) is 3. The van der Waals surface area contributed by atoms with Crippen LogP contribution < -0.4 is 10.6 Å². The van der Waals surface area contributed by atoms with Gasteiger partial charge in [0.05, 0.1) is 6.54 Å². The zero-order chi connectivity index (χ0) is 13.7. The van der Waals surface area contributed by atoms with E-state index in [0.717, 1.165) is 31.0 Å². The molecule has 2 rings (SSSR count). The van der Waals surface area contributed by atoms with Gasteiger partial charge in [0, 0.05) is 29.9 Å². The Morgan fingerprint density at radius 2 is 2.11 bits per heavy atom. The minimum atomic E-state index is 0.142. The monoisotopic (exact) mass is 276 g/mol. The van der Waals surface area contributed by atoms with Gasteiger partial charge in [0.1, 0.15) is 0 Å². The largest absolute Gasteiger partial charge is 0.336 e. The van der Waals surface area contributed by atoms with Crippen LogP contribution in [0.4, 0.5) is 5.95 Å². The van der Waals surface area contributed by atoms with Crippen LogP contribution in [0, 0.1) is 0 Å². The smallest absolute Gasteiger partial charge is 0.225 e. The molecule has 2 aromatic heterocycles. The van der Waals surface area contributed by atoms with Crippen LogP contribution >= 0.6 is 11.3 Å². The van der Waals surface area contributed by atoms with Crippen LogP contribution in [0.1, 0.15) is 24.3 Å². The average molecular weight is 276 g/mol. The van der Waals surface area contributed by atoms with Crippen LogP contribution in [-0.4, -0.2) is 22.6 Å². The highest BCUT2D eigenvalue weighted by Gasteiger charge is 2.09. The molecule has 0 fully saturated rings. The molecule has 0 aliphatic rings. The Bertz CT molecular complexity index is 479. The van der Waals surface area contributed by atoms with Gasteiger partial charge in [-0.3, -0.25) is 0 Å². The van der Waals surface area contributed by atoms with Gasteiger partial charge in [0.2, 0.25) is 5.95 Å². The van der Waals surface area contributed by atoms with Crippen molar-refractivity contribution in [1.29, 1.82) is 0 Å². The Kier molecular flexibility index (Phi) is 4.87. The van der Waals surface area contributed by atoms with Gasteiger partial charge in [-0.1, -0.05) is 6.07 Å². The fourth-order valence-electron chi connectivity index (χ4n) is 1.90.